The molecule has 0 saturated carbocycles. The van der Waals surface area contributed by atoms with Crippen LogP contribution in [0, 0.1) is 6.92 Å². The lowest BCUT2D eigenvalue weighted by Gasteiger charge is -2.34. The van der Waals surface area contributed by atoms with E-state index in [2.05, 4.69) is 17.1 Å². The number of hydrogen-bond donors (Lipinski definition) is 1. The molecule has 1 aromatic rings. The summed E-state index contributed by atoms with van der Waals surface area (Å²) in [5.74, 6) is -0.0732. The van der Waals surface area contributed by atoms with Crippen LogP contribution in [0.1, 0.15) is 57.4 Å². The predicted molar refractivity (Wildman–Crippen MR) is 112 cm³/mol. The zero-order valence-corrected chi connectivity index (χ0v) is 17.9. The Labute approximate surface area is 169 Å². The van der Waals surface area contributed by atoms with Crippen molar-refractivity contribution in [2.45, 2.75) is 69.7 Å². The molecule has 7 heteroatoms. The summed E-state index contributed by atoms with van der Waals surface area (Å²) in [5.41, 5.74) is 1.46. The van der Waals surface area contributed by atoms with Crippen molar-refractivity contribution < 1.29 is 13.2 Å². The number of anilines is 1. The quantitative estimate of drug-likeness (QED) is 0.785. The number of sulfonamides is 1. The Morgan fingerprint density at radius 3 is 2.54 bits per heavy atom. The third kappa shape index (κ3) is 4.93. The number of nitrogens with zero attached hydrogens (tertiary/aromatic N) is 2. The molecule has 2 saturated heterocycles. The van der Waals surface area contributed by atoms with Crippen molar-refractivity contribution in [3.63, 3.8) is 0 Å². The molecule has 28 heavy (non-hydrogen) atoms. The summed E-state index contributed by atoms with van der Waals surface area (Å²) in [6, 6.07) is 5.51. The number of carbonyl (C=O) groups is 1. The van der Waals surface area contributed by atoms with Crippen molar-refractivity contribution in [2.24, 2.45) is 0 Å². The van der Waals surface area contributed by atoms with E-state index in [1.54, 1.807) is 22.5 Å². The highest BCUT2D eigenvalue weighted by molar-refractivity contribution is 7.89. The fourth-order valence-corrected chi connectivity index (χ4v) is 5.80. The lowest BCUT2D eigenvalue weighted by Crippen LogP contribution is -2.43. The number of rotatable bonds is 6. The number of piperidine rings is 2. The number of benzene rings is 1. The zero-order chi connectivity index (χ0) is 20.1. The van der Waals surface area contributed by atoms with Gasteiger partial charge in [0.25, 0.3) is 0 Å². The van der Waals surface area contributed by atoms with Gasteiger partial charge in [-0.1, -0.05) is 25.8 Å². The number of hydrogen-bond acceptors (Lipinski definition) is 4. The number of amides is 1. The van der Waals surface area contributed by atoms with E-state index in [-0.39, 0.29) is 10.8 Å². The first-order valence-electron chi connectivity index (χ1n) is 10.6. The van der Waals surface area contributed by atoms with Gasteiger partial charge in [0.15, 0.2) is 0 Å². The van der Waals surface area contributed by atoms with Gasteiger partial charge in [0.1, 0.15) is 0 Å². The van der Waals surface area contributed by atoms with Gasteiger partial charge in [0.05, 0.1) is 11.4 Å². The second-order valence-electron chi connectivity index (χ2n) is 8.02. The van der Waals surface area contributed by atoms with Crippen LogP contribution < -0.4 is 5.32 Å². The number of likely N-dealkylation sites (tertiary alicyclic amines) is 1. The summed E-state index contributed by atoms with van der Waals surface area (Å²) in [7, 11) is -3.51. The van der Waals surface area contributed by atoms with Gasteiger partial charge in [0.2, 0.25) is 15.9 Å². The zero-order valence-electron chi connectivity index (χ0n) is 17.1. The maximum Gasteiger partial charge on any atom is 0.243 e. The van der Waals surface area contributed by atoms with Crippen LogP contribution in [0.5, 0.6) is 0 Å². The predicted octanol–water partition coefficient (Wildman–Crippen LogP) is 3.37. The van der Waals surface area contributed by atoms with Gasteiger partial charge in [0, 0.05) is 24.8 Å². The van der Waals surface area contributed by atoms with Gasteiger partial charge in [-0.15, -0.1) is 0 Å². The van der Waals surface area contributed by atoms with Crippen molar-refractivity contribution >= 4 is 21.6 Å². The lowest BCUT2D eigenvalue weighted by molar-refractivity contribution is -0.118. The van der Waals surface area contributed by atoms with Crippen molar-refractivity contribution in [1.29, 1.82) is 0 Å². The third-order valence-corrected chi connectivity index (χ3v) is 7.90. The largest absolute Gasteiger partial charge is 0.325 e. The Hall–Kier alpha value is -1.44. The van der Waals surface area contributed by atoms with E-state index in [9.17, 15) is 13.2 Å². The summed E-state index contributed by atoms with van der Waals surface area (Å²) in [6.45, 7) is 6.52. The first-order chi connectivity index (χ1) is 13.4. The van der Waals surface area contributed by atoms with Gasteiger partial charge in [-0.3, -0.25) is 9.69 Å². The minimum atomic E-state index is -3.51. The van der Waals surface area contributed by atoms with Crippen molar-refractivity contribution in [3.05, 3.63) is 23.8 Å². The second-order valence-corrected chi connectivity index (χ2v) is 9.96. The molecule has 0 aromatic heterocycles. The minimum absolute atomic E-state index is 0.0732. The van der Waals surface area contributed by atoms with E-state index >= 15 is 0 Å². The molecule has 2 fully saturated rings. The molecule has 1 atom stereocenters. The van der Waals surface area contributed by atoms with E-state index in [0.717, 1.165) is 50.6 Å². The average Bonchev–Trinajstić information content (AvgIpc) is 2.70. The van der Waals surface area contributed by atoms with Crippen LogP contribution in [-0.4, -0.2) is 55.8 Å². The van der Waals surface area contributed by atoms with E-state index < -0.39 is 10.0 Å². The smallest absolute Gasteiger partial charge is 0.243 e. The van der Waals surface area contributed by atoms with Crippen LogP contribution in [0.25, 0.3) is 0 Å². The van der Waals surface area contributed by atoms with Crippen LogP contribution >= 0.6 is 0 Å². The van der Waals surface area contributed by atoms with Crippen LogP contribution in [0.15, 0.2) is 23.1 Å². The SMILES string of the molecule is CCC1CCCCN1CC(=O)Nc1cc(S(=O)(=O)N2CCCCC2)ccc1C. The van der Waals surface area contributed by atoms with Gasteiger partial charge >= 0.3 is 0 Å². The summed E-state index contributed by atoms with van der Waals surface area (Å²) in [5, 5.41) is 2.95. The van der Waals surface area contributed by atoms with Crippen molar-refractivity contribution in [1.82, 2.24) is 9.21 Å². The maximum absolute atomic E-state index is 12.9. The molecule has 2 aliphatic rings. The topological polar surface area (TPSA) is 69.7 Å². The van der Waals surface area contributed by atoms with E-state index in [0.29, 0.717) is 31.4 Å². The Morgan fingerprint density at radius 1 is 1.11 bits per heavy atom. The van der Waals surface area contributed by atoms with E-state index in [1.807, 2.05) is 6.92 Å². The Balaban J connectivity index is 1.71. The highest BCUT2D eigenvalue weighted by Crippen LogP contribution is 2.25. The second kappa shape index (κ2) is 9.37. The summed E-state index contributed by atoms with van der Waals surface area (Å²) in [6.07, 6.45) is 7.45. The highest BCUT2D eigenvalue weighted by Gasteiger charge is 2.27. The molecule has 1 aromatic carbocycles. The normalized spacial score (nSPS) is 22.1. The maximum atomic E-state index is 12.9. The molecular formula is C21H33N3O3S. The molecule has 1 amide bonds. The number of nitrogens with one attached hydrogen (secondary N) is 1. The van der Waals surface area contributed by atoms with Crippen LogP contribution in [-0.2, 0) is 14.8 Å². The molecule has 6 nitrogen and oxygen atoms in total. The highest BCUT2D eigenvalue weighted by atomic mass is 32.2. The van der Waals surface area contributed by atoms with Gasteiger partial charge in [-0.2, -0.15) is 4.31 Å². The summed E-state index contributed by atoms with van der Waals surface area (Å²) in [4.78, 5) is 15.2. The third-order valence-electron chi connectivity index (χ3n) is 6.00. The first-order valence-corrected chi connectivity index (χ1v) is 12.0. The first kappa shape index (κ1) is 21.3. The van der Waals surface area contributed by atoms with Crippen LogP contribution in [0.4, 0.5) is 5.69 Å². The van der Waals surface area contributed by atoms with Gasteiger partial charge in [-0.25, -0.2) is 8.42 Å². The van der Waals surface area contributed by atoms with Crippen LogP contribution in [0.2, 0.25) is 0 Å². The van der Waals surface area contributed by atoms with Crippen molar-refractivity contribution in [2.75, 3.05) is 31.5 Å². The standard InChI is InChI=1S/C21H33N3O3S/c1-3-18-9-5-8-12-23(18)16-21(25)22-20-15-19(11-10-17(20)2)28(26,27)24-13-6-4-7-14-24/h10-11,15,18H,3-9,12-14,16H2,1-2H3,(H,22,25). The monoisotopic (exact) mass is 407 g/mol. The van der Waals surface area contributed by atoms with Gasteiger partial charge < -0.3 is 5.32 Å². The minimum Gasteiger partial charge on any atom is -0.325 e. The molecule has 3 rings (SSSR count). The fraction of sp³-hybridized carbons (Fsp3) is 0.667. The molecule has 2 heterocycles. The number of aryl methyl sites for hydroxylation is 1. The summed E-state index contributed by atoms with van der Waals surface area (Å²) >= 11 is 0. The average molecular weight is 408 g/mol. The molecule has 0 bridgehead atoms. The van der Waals surface area contributed by atoms with E-state index in [4.69, 9.17) is 0 Å². The van der Waals surface area contributed by atoms with E-state index in [1.165, 1.54) is 6.42 Å². The fourth-order valence-electron chi connectivity index (χ4n) is 4.26. The molecule has 156 valence electrons. The molecular weight excluding hydrogens is 374 g/mol. The molecule has 0 aliphatic carbocycles. The lowest BCUT2D eigenvalue weighted by atomic mass is 10.00. The molecule has 1 unspecified atom stereocenters. The Bertz CT molecular complexity index is 788. The van der Waals surface area contributed by atoms with Gasteiger partial charge in [-0.05, 0) is 63.3 Å². The molecule has 0 spiro atoms. The van der Waals surface area contributed by atoms with Crippen molar-refractivity contribution in [3.8, 4) is 0 Å². The molecule has 1 N–H and O–H groups in total. The molecule has 0 radical (unpaired) electrons. The molecule has 2 aliphatic heterocycles. The Kier molecular flexibility index (Phi) is 7.12. The summed E-state index contributed by atoms with van der Waals surface area (Å²) < 4.78 is 27.4. The Morgan fingerprint density at radius 2 is 1.82 bits per heavy atom. The van der Waals surface area contributed by atoms with Crippen LogP contribution in [0.3, 0.4) is 0 Å². The number of carbonyl (C=O) groups excluding carboxylic acids is 1.